The van der Waals surface area contributed by atoms with Gasteiger partial charge in [-0.15, -0.1) is 0 Å². The minimum absolute atomic E-state index is 0.165. The summed E-state index contributed by atoms with van der Waals surface area (Å²) in [4.78, 5) is 14.2. The molecule has 0 N–H and O–H groups in total. The van der Waals surface area contributed by atoms with Gasteiger partial charge in [-0.25, -0.2) is 4.79 Å². The zero-order valence-electron chi connectivity index (χ0n) is 17.5. The van der Waals surface area contributed by atoms with E-state index in [2.05, 4.69) is 55.5 Å². The lowest BCUT2D eigenvalue weighted by molar-refractivity contribution is 0.0170. The molecule has 1 unspecified atom stereocenters. The van der Waals surface area contributed by atoms with Gasteiger partial charge >= 0.3 is 6.09 Å². The molecule has 1 atom stereocenters. The number of carbonyl (C=O) groups excluding carboxylic acids is 1. The number of hydrogen-bond donors (Lipinski definition) is 0. The summed E-state index contributed by atoms with van der Waals surface area (Å²) in [7, 11) is 0. The van der Waals surface area contributed by atoms with E-state index in [1.54, 1.807) is 0 Å². The Hall–Kier alpha value is -2.29. The van der Waals surface area contributed by atoms with Crippen LogP contribution in [-0.2, 0) is 4.74 Å². The molecule has 2 aromatic carbocycles. The summed E-state index contributed by atoms with van der Waals surface area (Å²) < 4.78 is 5.53. The van der Waals surface area contributed by atoms with Gasteiger partial charge in [0.1, 0.15) is 5.60 Å². The van der Waals surface area contributed by atoms with Gasteiger partial charge in [-0.3, -0.25) is 0 Å². The molecule has 1 heterocycles. The molecule has 1 spiro atoms. The van der Waals surface area contributed by atoms with Crippen LogP contribution in [0, 0.1) is 12.3 Å². The lowest BCUT2D eigenvalue weighted by atomic mass is 9.88. The van der Waals surface area contributed by atoms with Crippen molar-refractivity contribution in [2.75, 3.05) is 13.1 Å². The lowest BCUT2D eigenvalue weighted by Crippen LogP contribution is -2.42. The minimum atomic E-state index is -0.423. The molecular weight excluding hydrogens is 346 g/mol. The van der Waals surface area contributed by atoms with Crippen LogP contribution in [-0.4, -0.2) is 29.7 Å². The molecular formula is C25H31NO2. The van der Waals surface area contributed by atoms with Crippen molar-refractivity contribution in [3.63, 3.8) is 0 Å². The molecule has 148 valence electrons. The summed E-state index contributed by atoms with van der Waals surface area (Å²) in [5.74, 6) is 0.639. The van der Waals surface area contributed by atoms with E-state index in [0.29, 0.717) is 11.3 Å². The number of amides is 1. The van der Waals surface area contributed by atoms with Crippen molar-refractivity contribution in [3.05, 3.63) is 59.7 Å². The van der Waals surface area contributed by atoms with Gasteiger partial charge in [0.05, 0.1) is 0 Å². The van der Waals surface area contributed by atoms with Crippen LogP contribution in [0.2, 0.25) is 0 Å². The van der Waals surface area contributed by atoms with Gasteiger partial charge in [-0.05, 0) is 75.0 Å². The number of rotatable bonds is 2. The van der Waals surface area contributed by atoms with Crippen molar-refractivity contribution in [1.29, 1.82) is 0 Å². The van der Waals surface area contributed by atoms with E-state index in [1.807, 2.05) is 25.7 Å². The van der Waals surface area contributed by atoms with Crippen LogP contribution in [0.25, 0.3) is 11.1 Å². The Morgan fingerprint density at radius 2 is 1.50 bits per heavy atom. The van der Waals surface area contributed by atoms with Crippen LogP contribution in [0.5, 0.6) is 0 Å². The molecule has 3 heteroatoms. The quantitative estimate of drug-likeness (QED) is 0.626. The third kappa shape index (κ3) is 3.94. The average molecular weight is 378 g/mol. The van der Waals surface area contributed by atoms with E-state index in [1.165, 1.54) is 28.7 Å². The molecule has 1 amide bonds. The molecule has 0 radical (unpaired) electrons. The maximum absolute atomic E-state index is 12.3. The second-order valence-corrected chi connectivity index (χ2v) is 9.57. The first kappa shape index (κ1) is 19.0. The molecule has 1 aliphatic carbocycles. The normalized spacial score (nSPS) is 20.9. The largest absolute Gasteiger partial charge is 0.444 e. The van der Waals surface area contributed by atoms with Gasteiger partial charge in [-0.2, -0.15) is 0 Å². The molecule has 2 fully saturated rings. The first-order valence-electron chi connectivity index (χ1n) is 10.4. The number of carbonyl (C=O) groups is 1. The Morgan fingerprint density at radius 3 is 2.04 bits per heavy atom. The number of ether oxygens (including phenoxy) is 1. The fourth-order valence-corrected chi connectivity index (χ4v) is 4.49. The highest BCUT2D eigenvalue weighted by Crippen LogP contribution is 2.65. The van der Waals surface area contributed by atoms with E-state index in [9.17, 15) is 4.79 Å². The van der Waals surface area contributed by atoms with Crippen LogP contribution >= 0.6 is 0 Å². The molecule has 1 aliphatic heterocycles. The van der Waals surface area contributed by atoms with Crippen molar-refractivity contribution in [3.8, 4) is 11.1 Å². The molecule has 28 heavy (non-hydrogen) atoms. The first-order chi connectivity index (χ1) is 13.3. The van der Waals surface area contributed by atoms with Gasteiger partial charge in [0.25, 0.3) is 0 Å². The molecule has 3 nitrogen and oxygen atoms in total. The van der Waals surface area contributed by atoms with Crippen LogP contribution in [0.15, 0.2) is 48.5 Å². The van der Waals surface area contributed by atoms with Gasteiger partial charge in [0.15, 0.2) is 0 Å². The highest BCUT2D eigenvalue weighted by atomic mass is 16.6. The molecule has 2 aliphatic rings. The van der Waals surface area contributed by atoms with Gasteiger partial charge in [-0.1, -0.05) is 54.1 Å². The fraction of sp³-hybridized carbons (Fsp3) is 0.480. The van der Waals surface area contributed by atoms with Crippen molar-refractivity contribution in [1.82, 2.24) is 4.90 Å². The number of piperidine rings is 1. The Morgan fingerprint density at radius 1 is 0.964 bits per heavy atom. The first-order valence-corrected chi connectivity index (χ1v) is 10.4. The highest BCUT2D eigenvalue weighted by molar-refractivity contribution is 5.68. The van der Waals surface area contributed by atoms with Crippen LogP contribution in [0.4, 0.5) is 4.79 Å². The Labute approximate surface area is 168 Å². The number of hydrogen-bond acceptors (Lipinski definition) is 2. The van der Waals surface area contributed by atoms with Gasteiger partial charge < -0.3 is 9.64 Å². The van der Waals surface area contributed by atoms with Gasteiger partial charge in [0, 0.05) is 13.1 Å². The van der Waals surface area contributed by atoms with E-state index >= 15 is 0 Å². The number of nitrogens with zero attached hydrogens (tertiary/aromatic N) is 1. The third-order valence-corrected chi connectivity index (χ3v) is 6.30. The number of likely N-dealkylation sites (tertiary alicyclic amines) is 1. The smallest absolute Gasteiger partial charge is 0.410 e. The fourth-order valence-electron chi connectivity index (χ4n) is 4.49. The number of aryl methyl sites for hydroxylation is 1. The van der Waals surface area contributed by atoms with E-state index < -0.39 is 5.60 Å². The summed E-state index contributed by atoms with van der Waals surface area (Å²) in [5.41, 5.74) is 5.25. The Kier molecular flexibility index (Phi) is 4.73. The Balaban J connectivity index is 1.37. The summed E-state index contributed by atoms with van der Waals surface area (Å²) in [5, 5.41) is 0. The predicted octanol–water partition coefficient (Wildman–Crippen LogP) is 6.17. The number of benzene rings is 2. The monoisotopic (exact) mass is 377 g/mol. The highest BCUT2D eigenvalue weighted by Gasteiger charge is 2.55. The maximum atomic E-state index is 12.3. The summed E-state index contributed by atoms with van der Waals surface area (Å²) in [6.07, 6.45) is 3.24. The van der Waals surface area contributed by atoms with Crippen molar-refractivity contribution in [2.45, 2.75) is 58.5 Å². The molecule has 2 aromatic rings. The minimum Gasteiger partial charge on any atom is -0.444 e. The third-order valence-electron chi connectivity index (χ3n) is 6.30. The molecule has 4 rings (SSSR count). The van der Waals surface area contributed by atoms with Crippen molar-refractivity contribution < 1.29 is 9.53 Å². The zero-order valence-corrected chi connectivity index (χ0v) is 17.5. The summed E-state index contributed by atoms with van der Waals surface area (Å²) in [6.45, 7) is 9.52. The second-order valence-electron chi connectivity index (χ2n) is 9.57. The van der Waals surface area contributed by atoms with E-state index in [0.717, 1.165) is 25.9 Å². The average Bonchev–Trinajstić information content (AvgIpc) is 3.35. The lowest BCUT2D eigenvalue weighted by Gasteiger charge is -2.34. The maximum Gasteiger partial charge on any atom is 0.410 e. The summed E-state index contributed by atoms with van der Waals surface area (Å²) >= 11 is 0. The van der Waals surface area contributed by atoms with E-state index in [-0.39, 0.29) is 6.09 Å². The standard InChI is InChI=1S/C25H31NO2/c1-18-5-7-19(8-6-18)20-9-11-21(12-10-20)22-17-25(22)13-15-26(16-14-25)23(27)28-24(2,3)4/h5-12,22H,13-17H2,1-4H3. The van der Waals surface area contributed by atoms with Crippen LogP contribution < -0.4 is 0 Å². The predicted molar refractivity (Wildman–Crippen MR) is 113 cm³/mol. The Bertz CT molecular complexity index is 838. The topological polar surface area (TPSA) is 29.5 Å². The van der Waals surface area contributed by atoms with Crippen molar-refractivity contribution >= 4 is 6.09 Å². The summed E-state index contributed by atoms with van der Waals surface area (Å²) in [6, 6.07) is 17.8. The molecule has 1 saturated heterocycles. The molecule has 1 saturated carbocycles. The van der Waals surface area contributed by atoms with Crippen molar-refractivity contribution in [2.24, 2.45) is 5.41 Å². The van der Waals surface area contributed by atoms with Gasteiger partial charge in [0.2, 0.25) is 0 Å². The van der Waals surface area contributed by atoms with Crippen LogP contribution in [0.3, 0.4) is 0 Å². The molecule has 0 bridgehead atoms. The van der Waals surface area contributed by atoms with Crippen LogP contribution in [0.1, 0.15) is 57.1 Å². The molecule has 0 aromatic heterocycles. The zero-order chi connectivity index (χ0) is 19.9. The second kappa shape index (κ2) is 6.95. The van der Waals surface area contributed by atoms with E-state index in [4.69, 9.17) is 4.74 Å². The SMILES string of the molecule is Cc1ccc(-c2ccc(C3CC34CCN(C(=O)OC(C)(C)C)CC4)cc2)cc1.